The van der Waals surface area contributed by atoms with E-state index in [1.54, 1.807) is 28.0 Å². The van der Waals surface area contributed by atoms with E-state index < -0.39 is 0 Å². The lowest BCUT2D eigenvalue weighted by molar-refractivity contribution is -0.00877. The monoisotopic (exact) mass is 1600 g/mol. The molecular weight excluding hydrogens is 1510 g/mol. The fourth-order valence-electron chi connectivity index (χ4n) is 17.3. The van der Waals surface area contributed by atoms with Crippen molar-refractivity contribution in [2.24, 2.45) is 0 Å². The number of aromatic nitrogens is 24. The van der Waals surface area contributed by atoms with Crippen LogP contribution in [0.1, 0.15) is 110 Å². The highest BCUT2D eigenvalue weighted by atomic mass is 35.5. The summed E-state index contributed by atoms with van der Waals surface area (Å²) in [5, 5.41) is 35.5. The van der Waals surface area contributed by atoms with E-state index in [1.807, 2.05) is 170 Å². The zero-order chi connectivity index (χ0) is 80.8. The average molecular weight is 1600 g/mol. The number of H-pyrrole nitrogens is 3. The summed E-state index contributed by atoms with van der Waals surface area (Å²) in [6.45, 7) is 22.6. The van der Waals surface area contributed by atoms with Crippen molar-refractivity contribution in [2.75, 3.05) is 54.0 Å². The Morgan fingerprint density at radius 3 is 0.975 bits per heavy atom. The lowest BCUT2D eigenvalue weighted by Crippen LogP contribution is -2.68. The number of rotatable bonds is 21. The predicted molar refractivity (Wildman–Crippen MR) is 452 cm³/mol. The molecule has 9 aliphatic rings. The first-order chi connectivity index (χ1) is 58.0. The molecule has 119 heavy (non-hydrogen) atoms. The third-order valence-electron chi connectivity index (χ3n) is 23.1. The van der Waals surface area contributed by atoms with Gasteiger partial charge in [-0.2, -0.15) is 30.6 Å². The second kappa shape index (κ2) is 32.8. The van der Waals surface area contributed by atoms with E-state index >= 15 is 0 Å². The summed E-state index contributed by atoms with van der Waals surface area (Å²) < 4.78 is 5.29. The minimum atomic E-state index is 0.512. The normalized spacial score (nSPS) is 18.7. The van der Waals surface area contributed by atoms with Gasteiger partial charge in [-0.15, -0.1) is 0 Å². The molecule has 600 valence electrons. The zero-order valence-corrected chi connectivity index (χ0v) is 68.2. The Balaban J connectivity index is 0.000000118. The van der Waals surface area contributed by atoms with Crippen molar-refractivity contribution in [3.8, 4) is 51.6 Å². The lowest BCUT2D eigenvalue weighted by atomic mass is 9.87. The molecule has 0 amide bonds. The molecule has 31 heteroatoms. The highest BCUT2D eigenvalue weighted by Gasteiger charge is 2.47. The number of aryl methyl sites for hydroxylation is 7. The Bertz CT molecular complexity index is 5740. The molecule has 9 saturated heterocycles. The topological polar surface area (TPSA) is 314 Å². The van der Waals surface area contributed by atoms with Crippen LogP contribution in [0.25, 0.3) is 51.6 Å². The molecule has 0 aromatic carbocycles. The van der Waals surface area contributed by atoms with Gasteiger partial charge in [0, 0.05) is 221 Å². The van der Waals surface area contributed by atoms with Gasteiger partial charge < -0.3 is 14.7 Å². The molecule has 15 aromatic heterocycles. The number of nitrogens with one attached hydrogen (secondary N) is 3. The number of pyridine rings is 6. The number of hydrogen-bond acceptors (Lipinski definition) is 24. The van der Waals surface area contributed by atoms with Crippen molar-refractivity contribution in [3.63, 3.8) is 0 Å². The van der Waals surface area contributed by atoms with Crippen molar-refractivity contribution >= 4 is 29.1 Å². The third-order valence-corrected chi connectivity index (χ3v) is 23.3. The summed E-state index contributed by atoms with van der Waals surface area (Å²) in [6.07, 6.45) is 28.2. The molecule has 9 fully saturated rings. The van der Waals surface area contributed by atoms with Crippen LogP contribution >= 0.6 is 11.6 Å². The highest BCUT2D eigenvalue weighted by Crippen LogP contribution is 2.39. The summed E-state index contributed by atoms with van der Waals surface area (Å²) in [6, 6.07) is 42.3. The molecule has 6 atom stereocenters. The first-order valence-electron chi connectivity index (χ1n) is 40.6. The van der Waals surface area contributed by atoms with Gasteiger partial charge in [-0.3, -0.25) is 30.0 Å². The van der Waals surface area contributed by atoms with Gasteiger partial charge in [0.05, 0.1) is 57.8 Å². The van der Waals surface area contributed by atoms with E-state index in [-0.39, 0.29) is 0 Å². The van der Waals surface area contributed by atoms with Gasteiger partial charge >= 0.3 is 0 Å². The zero-order valence-electron chi connectivity index (χ0n) is 67.4. The van der Waals surface area contributed by atoms with E-state index in [9.17, 15) is 0 Å². The van der Waals surface area contributed by atoms with Crippen LogP contribution in [0.3, 0.4) is 0 Å². The van der Waals surface area contributed by atoms with Crippen LogP contribution in [0.2, 0.25) is 5.02 Å². The maximum atomic E-state index is 5.99. The number of piperazine rings is 3. The quantitative estimate of drug-likeness (QED) is 0.0602. The first-order valence-corrected chi connectivity index (χ1v) is 40.9. The maximum absolute atomic E-state index is 5.99. The van der Waals surface area contributed by atoms with Gasteiger partial charge in [-0.05, 0) is 187 Å². The SMILES string of the molecule is Cc1cc(Cc2cc(C)[nH]n2)nc(-c2ccc(N3CC4CC(C3)N4Cc3ccc(-n4cc(Cl)cn4)nc3)nc2)n1.Cc1cc(Cc2cc(C)[nH]n2)nc(-c2ccc(N3CC4CC(C3)N4Cc3ccc(-n4cccn4)nc3)nc2)n1.Cc1cnn(-c2ccc(CN3C4CC3CN(c3ccc(-c5nc(C)cc(Cc6cc(C)[nH]n6)n5)cn3)C4)cn2)c1. The second-order valence-electron chi connectivity index (χ2n) is 32.3. The Morgan fingerprint density at radius 1 is 0.345 bits per heavy atom. The Kier molecular flexibility index (Phi) is 20.9. The van der Waals surface area contributed by atoms with Gasteiger partial charge in [0.25, 0.3) is 0 Å². The van der Waals surface area contributed by atoms with Gasteiger partial charge in [0.2, 0.25) is 0 Å². The largest absolute Gasteiger partial charge is 0.353 e. The molecule has 6 bridgehead atoms. The molecule has 9 aliphatic heterocycles. The van der Waals surface area contributed by atoms with Crippen LogP contribution < -0.4 is 14.7 Å². The van der Waals surface area contributed by atoms with E-state index in [0.717, 1.165) is 184 Å². The van der Waals surface area contributed by atoms with Crippen LogP contribution in [-0.2, 0) is 38.9 Å². The van der Waals surface area contributed by atoms with E-state index in [0.29, 0.717) is 78.0 Å². The van der Waals surface area contributed by atoms with Crippen molar-refractivity contribution in [3.05, 3.63) is 285 Å². The maximum Gasteiger partial charge on any atom is 0.161 e. The van der Waals surface area contributed by atoms with Crippen LogP contribution in [-0.4, -0.2) is 210 Å². The summed E-state index contributed by atoms with van der Waals surface area (Å²) in [5.41, 5.74) is 19.3. The number of anilines is 3. The molecular formula is C88H91ClN30. The van der Waals surface area contributed by atoms with E-state index in [2.05, 4.69) is 160 Å². The van der Waals surface area contributed by atoms with Crippen LogP contribution in [0.5, 0.6) is 0 Å². The molecule has 0 aliphatic carbocycles. The second-order valence-corrected chi connectivity index (χ2v) is 32.7. The summed E-state index contributed by atoms with van der Waals surface area (Å²) in [7, 11) is 0. The Morgan fingerprint density at radius 2 is 0.689 bits per heavy atom. The van der Waals surface area contributed by atoms with Crippen LogP contribution in [0, 0.1) is 48.5 Å². The number of piperidine rings is 3. The Hall–Kier alpha value is -13.0. The smallest absolute Gasteiger partial charge is 0.161 e. The molecule has 6 unspecified atom stereocenters. The van der Waals surface area contributed by atoms with Gasteiger partial charge in [0.1, 0.15) is 17.5 Å². The molecule has 0 spiro atoms. The fraction of sp³-hybridized carbons (Fsp3) is 0.318. The van der Waals surface area contributed by atoms with Crippen molar-refractivity contribution < 1.29 is 0 Å². The third kappa shape index (κ3) is 17.1. The summed E-state index contributed by atoms with van der Waals surface area (Å²) in [4.78, 5) is 71.7. The first kappa shape index (κ1) is 76.0. The van der Waals surface area contributed by atoms with Crippen molar-refractivity contribution in [1.29, 1.82) is 0 Å². The van der Waals surface area contributed by atoms with Gasteiger partial charge in [-0.25, -0.2) is 73.9 Å². The minimum Gasteiger partial charge on any atom is -0.353 e. The summed E-state index contributed by atoms with van der Waals surface area (Å²) >= 11 is 5.99. The van der Waals surface area contributed by atoms with Crippen LogP contribution in [0.4, 0.5) is 17.5 Å². The lowest BCUT2D eigenvalue weighted by Gasteiger charge is -2.56. The Labute approximate surface area is 693 Å². The number of nitrogens with zero attached hydrogens (tertiary/aromatic N) is 27. The van der Waals surface area contributed by atoms with Crippen LogP contribution in [0.15, 0.2) is 190 Å². The van der Waals surface area contributed by atoms with Gasteiger partial charge in [-0.1, -0.05) is 29.8 Å². The molecule has 24 rings (SSSR count). The number of aromatic amines is 3. The molecule has 30 nitrogen and oxygen atoms in total. The average Bonchev–Trinajstić information content (AvgIpc) is 1.45. The van der Waals surface area contributed by atoms with Gasteiger partial charge in [0.15, 0.2) is 34.9 Å². The molecule has 3 N–H and O–H groups in total. The number of hydrogen-bond donors (Lipinski definition) is 3. The molecule has 0 radical (unpaired) electrons. The fourth-order valence-corrected chi connectivity index (χ4v) is 17.4. The van der Waals surface area contributed by atoms with E-state index in [1.165, 1.54) is 36.0 Å². The molecule has 15 aromatic rings. The minimum absolute atomic E-state index is 0.512. The van der Waals surface area contributed by atoms with Crippen molar-refractivity contribution in [1.82, 2.24) is 134 Å². The van der Waals surface area contributed by atoms with E-state index in [4.69, 9.17) is 41.5 Å². The standard InChI is InChI=1S/C30H32N10.C29H29ClN10.C29H30N10/c1-19-12-33-40(15-19)29-6-4-22(13-31-29)16-39-26-11-27(39)18-38(17-26)28-7-5-23(14-32-28)30-34-20(2)8-24(35-30)10-25-9-21(3)36-37-25;1-18-7-23(9-24-8-19(2)36-37-24)35-29(34-18)21-4-6-27(32-12-21)38-16-25-10-26(17-38)39(25)14-20-3-5-28(31-11-20)40-15-22(30)13-33-40;1-19-10-23(12-24-11-20(2)35-36-24)34-29(33-19)22-5-7-27(31-15-22)37-17-25-13-26(18-37)38(25)16-21-4-6-28(30-14-21)39-9-3-8-32-39/h4-9,12-15,26-27H,10-11,16-18H2,1-3H3,(H,36,37);3-8,11-13,15,25-26H,9-10,14,16-17H2,1-2H3,(H,36,37);3-11,14-15,25-26H,12-13,16-18H2,1-2H3,(H,35,36). The number of fused-ring (bicyclic) bond motifs is 6. The molecule has 0 saturated carbocycles. The predicted octanol–water partition coefficient (Wildman–Crippen LogP) is 11.5. The molecule has 24 heterocycles. The highest BCUT2D eigenvalue weighted by molar-refractivity contribution is 6.30. The number of halogens is 1. The van der Waals surface area contributed by atoms with Crippen molar-refractivity contribution in [2.45, 2.75) is 143 Å². The summed E-state index contributed by atoms with van der Waals surface area (Å²) in [5.74, 6) is 7.59.